The minimum atomic E-state index is 0.298. The van der Waals surface area contributed by atoms with Gasteiger partial charge in [0.05, 0.1) is 11.3 Å². The van der Waals surface area contributed by atoms with Crippen molar-refractivity contribution in [1.82, 2.24) is 5.16 Å². The van der Waals surface area contributed by atoms with E-state index in [9.17, 15) is 0 Å². The van der Waals surface area contributed by atoms with Gasteiger partial charge in [-0.1, -0.05) is 15.5 Å². The van der Waals surface area contributed by atoms with Crippen molar-refractivity contribution >= 4 is 11.4 Å². The van der Waals surface area contributed by atoms with Crippen LogP contribution in [0.15, 0.2) is 21.1 Å². The lowest BCUT2D eigenvalue weighted by atomic mass is 10.1. The normalized spacial score (nSPS) is 13.4. The summed E-state index contributed by atoms with van der Waals surface area (Å²) in [5, 5.41) is 26.5. The van der Waals surface area contributed by atoms with Gasteiger partial charge in [0.25, 0.3) is 0 Å². The molecule has 0 saturated carbocycles. The van der Waals surface area contributed by atoms with Crippen molar-refractivity contribution in [1.29, 1.82) is 0 Å². The molecule has 1 aromatic heterocycles. The zero-order valence-corrected chi connectivity index (χ0v) is 7.22. The molecule has 0 aliphatic rings. The van der Waals surface area contributed by atoms with Crippen LogP contribution in [0.25, 0.3) is 0 Å². The zero-order valence-electron chi connectivity index (χ0n) is 7.22. The van der Waals surface area contributed by atoms with Crippen molar-refractivity contribution in [3.05, 3.63) is 17.5 Å². The Kier molecular flexibility index (Phi) is 2.63. The number of rotatable bonds is 2. The summed E-state index contributed by atoms with van der Waals surface area (Å²) in [5.74, 6) is 0. The summed E-state index contributed by atoms with van der Waals surface area (Å²) < 4.78 is 4.66. The first-order chi connectivity index (χ1) is 6.20. The smallest absolute Gasteiger partial charge is 0.140 e. The maximum absolute atomic E-state index is 8.50. The molecule has 0 amide bonds. The van der Waals surface area contributed by atoms with Crippen LogP contribution < -0.4 is 0 Å². The van der Waals surface area contributed by atoms with Crippen molar-refractivity contribution in [2.24, 2.45) is 10.3 Å². The van der Waals surface area contributed by atoms with E-state index in [2.05, 4.69) is 20.0 Å². The van der Waals surface area contributed by atoms with Gasteiger partial charge < -0.3 is 14.9 Å². The van der Waals surface area contributed by atoms with E-state index in [1.54, 1.807) is 13.8 Å². The van der Waals surface area contributed by atoms with Gasteiger partial charge in [-0.25, -0.2) is 0 Å². The van der Waals surface area contributed by atoms with Gasteiger partial charge in [-0.15, -0.1) is 0 Å². The first-order valence-corrected chi connectivity index (χ1v) is 3.53. The Morgan fingerprint density at radius 2 is 1.92 bits per heavy atom. The second kappa shape index (κ2) is 3.70. The highest BCUT2D eigenvalue weighted by molar-refractivity contribution is 6.09. The van der Waals surface area contributed by atoms with E-state index in [1.807, 2.05) is 0 Å². The number of hydrogen-bond donors (Lipinski definition) is 2. The van der Waals surface area contributed by atoms with Crippen LogP contribution in [-0.4, -0.2) is 27.0 Å². The van der Waals surface area contributed by atoms with Crippen molar-refractivity contribution in [3.63, 3.8) is 0 Å². The molecule has 0 bridgehead atoms. The van der Waals surface area contributed by atoms with Crippen LogP contribution in [0.3, 0.4) is 0 Å². The molecule has 0 atom stereocenters. The number of aromatic nitrogens is 1. The molecule has 1 rings (SSSR count). The average Bonchev–Trinajstić information content (AvgIpc) is 2.63. The molecule has 1 heterocycles. The molecule has 0 unspecified atom stereocenters. The summed E-state index contributed by atoms with van der Waals surface area (Å²) in [6, 6.07) is 0. The van der Waals surface area contributed by atoms with E-state index in [4.69, 9.17) is 10.4 Å². The van der Waals surface area contributed by atoms with Gasteiger partial charge in [0.1, 0.15) is 17.7 Å². The molecule has 0 saturated heterocycles. The number of oxime groups is 2. The molecule has 0 fully saturated rings. The lowest BCUT2D eigenvalue weighted by molar-refractivity contribution is 0.318. The minimum Gasteiger partial charge on any atom is -0.411 e. The standard InChI is InChI=1S/C7H9N3O3/c1-4(8-11)6-3-13-10-7(6)5(2)9-12/h3,11-12H,1-2H3/b8-4-,9-5+. The molecule has 13 heavy (non-hydrogen) atoms. The molecule has 6 nitrogen and oxygen atoms in total. The fourth-order valence-electron chi connectivity index (χ4n) is 0.856. The summed E-state index contributed by atoms with van der Waals surface area (Å²) in [6.45, 7) is 3.15. The molecular formula is C7H9N3O3. The second-order valence-electron chi connectivity index (χ2n) is 2.45. The monoisotopic (exact) mass is 183 g/mol. The van der Waals surface area contributed by atoms with E-state index in [-0.39, 0.29) is 0 Å². The summed E-state index contributed by atoms with van der Waals surface area (Å²) in [5.41, 5.74) is 1.50. The Balaban J connectivity index is 3.18. The van der Waals surface area contributed by atoms with Crippen molar-refractivity contribution < 1.29 is 14.9 Å². The van der Waals surface area contributed by atoms with Crippen LogP contribution in [0.4, 0.5) is 0 Å². The highest BCUT2D eigenvalue weighted by Crippen LogP contribution is 2.09. The van der Waals surface area contributed by atoms with Crippen LogP contribution in [0.5, 0.6) is 0 Å². The number of hydrogen-bond acceptors (Lipinski definition) is 6. The molecule has 0 spiro atoms. The van der Waals surface area contributed by atoms with Gasteiger partial charge in [-0.05, 0) is 13.8 Å². The summed E-state index contributed by atoms with van der Waals surface area (Å²) in [6.07, 6.45) is 1.32. The largest absolute Gasteiger partial charge is 0.411 e. The molecule has 0 radical (unpaired) electrons. The molecular weight excluding hydrogens is 174 g/mol. The van der Waals surface area contributed by atoms with Crippen molar-refractivity contribution in [3.8, 4) is 0 Å². The van der Waals surface area contributed by atoms with Crippen LogP contribution in [0.2, 0.25) is 0 Å². The Labute approximate surface area is 74.1 Å². The van der Waals surface area contributed by atoms with Gasteiger partial charge in [-0.3, -0.25) is 0 Å². The summed E-state index contributed by atoms with van der Waals surface area (Å²) in [4.78, 5) is 0. The molecule has 1 aromatic rings. The Morgan fingerprint density at radius 3 is 2.46 bits per heavy atom. The Morgan fingerprint density at radius 1 is 1.31 bits per heavy atom. The van der Waals surface area contributed by atoms with Crippen LogP contribution >= 0.6 is 0 Å². The molecule has 70 valence electrons. The van der Waals surface area contributed by atoms with Gasteiger partial charge in [-0.2, -0.15) is 0 Å². The topological polar surface area (TPSA) is 91.2 Å². The number of nitrogens with zero attached hydrogens (tertiary/aromatic N) is 3. The van der Waals surface area contributed by atoms with Crippen molar-refractivity contribution in [2.45, 2.75) is 13.8 Å². The zero-order chi connectivity index (χ0) is 9.84. The molecule has 6 heteroatoms. The lowest BCUT2D eigenvalue weighted by Crippen LogP contribution is -2.04. The maximum Gasteiger partial charge on any atom is 0.140 e. The van der Waals surface area contributed by atoms with Gasteiger partial charge in [0, 0.05) is 0 Å². The third kappa shape index (κ3) is 1.66. The van der Waals surface area contributed by atoms with Crippen LogP contribution in [0.1, 0.15) is 25.1 Å². The molecule has 0 aliphatic heterocycles. The fraction of sp³-hybridized carbons (Fsp3) is 0.286. The summed E-state index contributed by atoms with van der Waals surface area (Å²) in [7, 11) is 0. The first-order valence-electron chi connectivity index (χ1n) is 3.53. The third-order valence-electron chi connectivity index (χ3n) is 1.60. The van der Waals surface area contributed by atoms with E-state index < -0.39 is 0 Å². The third-order valence-corrected chi connectivity index (χ3v) is 1.60. The van der Waals surface area contributed by atoms with Crippen molar-refractivity contribution in [2.75, 3.05) is 0 Å². The van der Waals surface area contributed by atoms with Gasteiger partial charge in [0.15, 0.2) is 0 Å². The predicted octanol–water partition coefficient (Wildman–Crippen LogP) is 1.07. The average molecular weight is 183 g/mol. The Hall–Kier alpha value is -1.85. The second-order valence-corrected chi connectivity index (χ2v) is 2.45. The minimum absolute atomic E-state index is 0.298. The highest BCUT2D eigenvalue weighted by atomic mass is 16.5. The highest BCUT2D eigenvalue weighted by Gasteiger charge is 2.13. The van der Waals surface area contributed by atoms with E-state index in [0.29, 0.717) is 22.7 Å². The predicted molar refractivity (Wildman–Crippen MR) is 44.5 cm³/mol. The van der Waals surface area contributed by atoms with Gasteiger partial charge >= 0.3 is 0 Å². The fourth-order valence-corrected chi connectivity index (χ4v) is 0.856. The Bertz CT molecular complexity index is 321. The lowest BCUT2D eigenvalue weighted by Gasteiger charge is -1.95. The summed E-state index contributed by atoms with van der Waals surface area (Å²) >= 11 is 0. The van der Waals surface area contributed by atoms with Crippen LogP contribution in [-0.2, 0) is 0 Å². The maximum atomic E-state index is 8.50. The first kappa shape index (κ1) is 9.24. The SMILES string of the molecule is C/C(=N/O)c1conc1/C(C)=N/O. The molecule has 0 aliphatic carbocycles. The van der Waals surface area contributed by atoms with Crippen LogP contribution in [0, 0.1) is 0 Å². The molecule has 0 aromatic carbocycles. The quantitative estimate of drug-likeness (QED) is 0.407. The molecule has 2 N–H and O–H groups in total. The van der Waals surface area contributed by atoms with E-state index in [1.165, 1.54) is 6.26 Å². The van der Waals surface area contributed by atoms with E-state index >= 15 is 0 Å². The van der Waals surface area contributed by atoms with E-state index in [0.717, 1.165) is 0 Å². The van der Waals surface area contributed by atoms with Gasteiger partial charge in [0.2, 0.25) is 0 Å².